The van der Waals surface area contributed by atoms with Crippen LogP contribution in [-0.4, -0.2) is 6.08 Å². The van der Waals surface area contributed by atoms with Gasteiger partial charge in [0.1, 0.15) is 0 Å². The van der Waals surface area contributed by atoms with Crippen molar-refractivity contribution in [2.24, 2.45) is 4.99 Å². The summed E-state index contributed by atoms with van der Waals surface area (Å²) in [5.74, 6) is 0.502. The van der Waals surface area contributed by atoms with Crippen LogP contribution in [0.15, 0.2) is 29.3 Å². The van der Waals surface area contributed by atoms with Gasteiger partial charge >= 0.3 is 0 Å². The molecule has 0 saturated carbocycles. The molecule has 0 fully saturated rings. The van der Waals surface area contributed by atoms with Crippen molar-refractivity contribution in [3.05, 3.63) is 35.4 Å². The first-order chi connectivity index (χ1) is 6.65. The standard InChI is InChI=1S/C12H15NO/c1-9(2)11-5-4-6-12(7-11)10(3)13-8-14/h4-7,9-10H,1-3H3. The van der Waals surface area contributed by atoms with Gasteiger partial charge < -0.3 is 0 Å². The number of nitrogens with zero attached hydrogens (tertiary/aromatic N) is 1. The lowest BCUT2D eigenvalue weighted by Crippen LogP contribution is -1.93. The summed E-state index contributed by atoms with van der Waals surface area (Å²) < 4.78 is 0. The van der Waals surface area contributed by atoms with Crippen LogP contribution in [0.1, 0.15) is 43.9 Å². The summed E-state index contributed by atoms with van der Waals surface area (Å²) in [5, 5.41) is 0. The van der Waals surface area contributed by atoms with Gasteiger partial charge in [-0.3, -0.25) is 0 Å². The molecule has 2 heteroatoms. The zero-order valence-corrected chi connectivity index (χ0v) is 8.82. The molecular formula is C12H15NO. The Labute approximate surface area is 84.7 Å². The fraction of sp³-hybridized carbons (Fsp3) is 0.417. The van der Waals surface area contributed by atoms with E-state index >= 15 is 0 Å². The van der Waals surface area contributed by atoms with Gasteiger partial charge in [-0.15, -0.1) is 0 Å². The van der Waals surface area contributed by atoms with E-state index in [2.05, 4.69) is 31.0 Å². The summed E-state index contributed by atoms with van der Waals surface area (Å²) in [6.07, 6.45) is 1.59. The SMILES string of the molecule is CC(C)c1cccc(C(C)N=C=O)c1. The molecule has 0 heterocycles. The maximum atomic E-state index is 10.1. The minimum absolute atomic E-state index is 0.0915. The van der Waals surface area contributed by atoms with E-state index in [1.165, 1.54) is 5.56 Å². The zero-order chi connectivity index (χ0) is 10.6. The highest BCUT2D eigenvalue weighted by molar-refractivity contribution is 5.36. The lowest BCUT2D eigenvalue weighted by atomic mass is 9.98. The Morgan fingerprint density at radius 3 is 2.43 bits per heavy atom. The van der Waals surface area contributed by atoms with Gasteiger partial charge in [0.05, 0.1) is 6.04 Å². The number of rotatable bonds is 3. The van der Waals surface area contributed by atoms with E-state index in [9.17, 15) is 4.79 Å². The van der Waals surface area contributed by atoms with Crippen LogP contribution in [-0.2, 0) is 4.79 Å². The van der Waals surface area contributed by atoms with Gasteiger partial charge in [0, 0.05) is 0 Å². The van der Waals surface area contributed by atoms with E-state index in [0.717, 1.165) is 5.56 Å². The summed E-state index contributed by atoms with van der Waals surface area (Å²) in [5.41, 5.74) is 2.34. The van der Waals surface area contributed by atoms with Gasteiger partial charge in [0.15, 0.2) is 0 Å². The van der Waals surface area contributed by atoms with Crippen molar-refractivity contribution in [1.82, 2.24) is 0 Å². The van der Waals surface area contributed by atoms with Crippen molar-refractivity contribution in [1.29, 1.82) is 0 Å². The summed E-state index contributed by atoms with van der Waals surface area (Å²) in [6, 6.07) is 8.08. The molecule has 0 aliphatic rings. The molecule has 1 atom stereocenters. The van der Waals surface area contributed by atoms with Crippen LogP contribution in [0.25, 0.3) is 0 Å². The van der Waals surface area contributed by atoms with E-state index in [1.807, 2.05) is 19.1 Å². The highest BCUT2D eigenvalue weighted by atomic mass is 16.1. The largest absolute Gasteiger partial charge is 0.235 e. The number of carbonyl (C=O) groups excluding carboxylic acids is 1. The molecule has 1 aromatic carbocycles. The smallest absolute Gasteiger partial charge is 0.211 e. The number of hydrogen-bond acceptors (Lipinski definition) is 2. The number of benzene rings is 1. The Kier molecular flexibility index (Phi) is 3.61. The van der Waals surface area contributed by atoms with E-state index in [1.54, 1.807) is 6.08 Å². The zero-order valence-electron chi connectivity index (χ0n) is 8.82. The highest BCUT2D eigenvalue weighted by Crippen LogP contribution is 2.21. The molecule has 74 valence electrons. The van der Waals surface area contributed by atoms with Gasteiger partial charge in [-0.05, 0) is 24.0 Å². The average Bonchev–Trinajstić information content (AvgIpc) is 2.18. The van der Waals surface area contributed by atoms with E-state index in [-0.39, 0.29) is 6.04 Å². The third kappa shape index (κ3) is 2.54. The van der Waals surface area contributed by atoms with Crippen molar-refractivity contribution in [3.8, 4) is 0 Å². The minimum Gasteiger partial charge on any atom is -0.211 e. The Morgan fingerprint density at radius 1 is 1.21 bits per heavy atom. The molecule has 1 rings (SSSR count). The van der Waals surface area contributed by atoms with Gasteiger partial charge in [-0.1, -0.05) is 38.1 Å². The van der Waals surface area contributed by atoms with Crippen LogP contribution < -0.4 is 0 Å². The molecule has 2 nitrogen and oxygen atoms in total. The molecule has 0 saturated heterocycles. The maximum Gasteiger partial charge on any atom is 0.235 e. The number of aliphatic imine (C=N–C) groups is 1. The average molecular weight is 189 g/mol. The summed E-state index contributed by atoms with van der Waals surface area (Å²) in [4.78, 5) is 13.8. The Morgan fingerprint density at radius 2 is 1.86 bits per heavy atom. The van der Waals surface area contributed by atoms with Crippen LogP contribution in [0.4, 0.5) is 0 Å². The molecule has 1 aromatic rings. The van der Waals surface area contributed by atoms with E-state index in [0.29, 0.717) is 5.92 Å². The lowest BCUT2D eigenvalue weighted by molar-refractivity contribution is 0.559. The Bertz CT molecular complexity index is 351. The first kappa shape index (κ1) is 10.7. The number of hydrogen-bond donors (Lipinski definition) is 0. The second-order valence-corrected chi connectivity index (χ2v) is 3.72. The monoisotopic (exact) mass is 189 g/mol. The predicted molar refractivity (Wildman–Crippen MR) is 57.1 cm³/mol. The van der Waals surface area contributed by atoms with E-state index < -0.39 is 0 Å². The summed E-state index contributed by atoms with van der Waals surface area (Å²) in [6.45, 7) is 6.18. The van der Waals surface area contributed by atoms with Crippen LogP contribution in [0, 0.1) is 0 Å². The van der Waals surface area contributed by atoms with Crippen molar-refractivity contribution in [2.75, 3.05) is 0 Å². The van der Waals surface area contributed by atoms with Crippen molar-refractivity contribution < 1.29 is 4.79 Å². The molecule has 0 spiro atoms. The molecule has 0 amide bonds. The molecule has 0 aliphatic carbocycles. The van der Waals surface area contributed by atoms with Gasteiger partial charge in [0.25, 0.3) is 0 Å². The Hall–Kier alpha value is -1.40. The van der Waals surface area contributed by atoms with Crippen molar-refractivity contribution >= 4 is 6.08 Å². The second kappa shape index (κ2) is 4.73. The molecule has 0 radical (unpaired) electrons. The third-order valence-corrected chi connectivity index (χ3v) is 2.31. The van der Waals surface area contributed by atoms with Crippen LogP contribution >= 0.6 is 0 Å². The van der Waals surface area contributed by atoms with E-state index in [4.69, 9.17) is 0 Å². The summed E-state index contributed by atoms with van der Waals surface area (Å²) >= 11 is 0. The van der Waals surface area contributed by atoms with Gasteiger partial charge in [0.2, 0.25) is 6.08 Å². The quantitative estimate of drug-likeness (QED) is 0.530. The molecule has 0 N–H and O–H groups in total. The van der Waals surface area contributed by atoms with Crippen molar-refractivity contribution in [3.63, 3.8) is 0 Å². The molecule has 0 aliphatic heterocycles. The topological polar surface area (TPSA) is 29.4 Å². The van der Waals surface area contributed by atoms with Crippen LogP contribution in [0.5, 0.6) is 0 Å². The molecule has 14 heavy (non-hydrogen) atoms. The van der Waals surface area contributed by atoms with Gasteiger partial charge in [-0.25, -0.2) is 4.79 Å². The maximum absolute atomic E-state index is 10.1. The number of isocyanates is 1. The third-order valence-electron chi connectivity index (χ3n) is 2.31. The molecule has 0 bridgehead atoms. The normalized spacial score (nSPS) is 12.3. The lowest BCUT2D eigenvalue weighted by Gasteiger charge is -2.09. The van der Waals surface area contributed by atoms with Crippen LogP contribution in [0.2, 0.25) is 0 Å². The molecule has 1 unspecified atom stereocenters. The fourth-order valence-corrected chi connectivity index (χ4v) is 1.33. The van der Waals surface area contributed by atoms with Crippen LogP contribution in [0.3, 0.4) is 0 Å². The fourth-order valence-electron chi connectivity index (χ4n) is 1.33. The van der Waals surface area contributed by atoms with Crippen molar-refractivity contribution in [2.45, 2.75) is 32.7 Å². The minimum atomic E-state index is -0.0915. The summed E-state index contributed by atoms with van der Waals surface area (Å²) in [7, 11) is 0. The first-order valence-electron chi connectivity index (χ1n) is 4.82. The molecule has 0 aromatic heterocycles. The molecular weight excluding hydrogens is 174 g/mol. The highest BCUT2D eigenvalue weighted by Gasteiger charge is 2.05. The predicted octanol–water partition coefficient (Wildman–Crippen LogP) is 3.21. The Balaban J connectivity index is 2.99. The van der Waals surface area contributed by atoms with Gasteiger partial charge in [-0.2, -0.15) is 4.99 Å². The second-order valence-electron chi connectivity index (χ2n) is 3.72. The first-order valence-corrected chi connectivity index (χ1v) is 4.82.